The summed E-state index contributed by atoms with van der Waals surface area (Å²) in [7, 11) is 0. The molecule has 0 radical (unpaired) electrons. The van der Waals surface area contributed by atoms with Crippen molar-refractivity contribution in [2.75, 3.05) is 6.54 Å². The largest absolute Gasteiger partial charge is 0.480 e. The number of amides is 2. The van der Waals surface area contributed by atoms with Crippen LogP contribution in [0.25, 0.3) is 0 Å². The number of nitrogens with one attached hydrogen (secondary N) is 1. The molecule has 1 atom stereocenters. The molecular weight excluding hydrogens is 251 g/mol. The zero-order chi connectivity index (χ0) is 13.8. The Morgan fingerprint density at radius 2 is 2.16 bits per heavy atom. The summed E-state index contributed by atoms with van der Waals surface area (Å²) in [6.45, 7) is 0.467. The molecule has 2 rings (SSSR count). The molecule has 1 aromatic rings. The number of aliphatic carboxylic acids is 1. The molecule has 0 aromatic heterocycles. The van der Waals surface area contributed by atoms with Crippen LogP contribution in [0.3, 0.4) is 0 Å². The second-order valence-electron chi connectivity index (χ2n) is 4.44. The number of carbonyl (C=O) groups is 2. The van der Waals surface area contributed by atoms with E-state index in [1.807, 2.05) is 0 Å². The summed E-state index contributed by atoms with van der Waals surface area (Å²) in [4.78, 5) is 24.1. The first-order valence-electron chi connectivity index (χ1n) is 6.10. The molecule has 2 N–H and O–H groups in total. The highest BCUT2D eigenvalue weighted by Gasteiger charge is 2.33. The van der Waals surface area contributed by atoms with Crippen molar-refractivity contribution >= 4 is 12.0 Å². The lowest BCUT2D eigenvalue weighted by atomic mass is 10.2. The molecule has 0 spiro atoms. The zero-order valence-electron chi connectivity index (χ0n) is 10.3. The molecule has 0 saturated carbocycles. The summed E-state index contributed by atoms with van der Waals surface area (Å²) < 4.78 is 13.4. The second-order valence-corrected chi connectivity index (χ2v) is 4.44. The molecule has 102 valence electrons. The van der Waals surface area contributed by atoms with Crippen molar-refractivity contribution in [3.63, 3.8) is 0 Å². The molecule has 1 aromatic carbocycles. The lowest BCUT2D eigenvalue weighted by Gasteiger charge is -2.21. The molecule has 1 aliphatic heterocycles. The highest BCUT2D eigenvalue weighted by atomic mass is 19.1. The molecule has 1 fully saturated rings. The average Bonchev–Trinajstić information content (AvgIpc) is 2.87. The van der Waals surface area contributed by atoms with Crippen LogP contribution in [0.5, 0.6) is 0 Å². The van der Waals surface area contributed by atoms with E-state index < -0.39 is 18.0 Å². The van der Waals surface area contributed by atoms with E-state index in [4.69, 9.17) is 5.11 Å². The van der Waals surface area contributed by atoms with E-state index in [-0.39, 0.29) is 12.4 Å². The highest BCUT2D eigenvalue weighted by molar-refractivity contribution is 5.83. The predicted molar refractivity (Wildman–Crippen MR) is 66.0 cm³/mol. The standard InChI is InChI=1S/C13H15FN2O3/c14-10-5-2-1-4-9(10)8-15-13(19)16-7-3-6-11(16)12(17)18/h1-2,4-5,11H,3,6-8H2,(H,15,19)(H,17,18)/t11-/m1/s1. The molecule has 6 heteroatoms. The third-order valence-corrected chi connectivity index (χ3v) is 3.19. The molecule has 2 amide bonds. The number of urea groups is 1. The van der Waals surface area contributed by atoms with Gasteiger partial charge in [-0.15, -0.1) is 0 Å². The Balaban J connectivity index is 1.95. The molecule has 0 aliphatic carbocycles. The lowest BCUT2D eigenvalue weighted by molar-refractivity contribution is -0.141. The summed E-state index contributed by atoms with van der Waals surface area (Å²) in [5, 5.41) is 11.5. The number of hydrogen-bond acceptors (Lipinski definition) is 2. The smallest absolute Gasteiger partial charge is 0.326 e. The van der Waals surface area contributed by atoms with Crippen LogP contribution in [0, 0.1) is 5.82 Å². The quantitative estimate of drug-likeness (QED) is 0.872. The maximum Gasteiger partial charge on any atom is 0.326 e. The van der Waals surface area contributed by atoms with E-state index in [0.29, 0.717) is 24.9 Å². The summed E-state index contributed by atoms with van der Waals surface area (Å²) in [5.41, 5.74) is 0.377. The molecule has 0 bridgehead atoms. The van der Waals surface area contributed by atoms with Crippen LogP contribution in [0.15, 0.2) is 24.3 Å². The van der Waals surface area contributed by atoms with Crippen molar-refractivity contribution in [2.45, 2.75) is 25.4 Å². The fourth-order valence-electron chi connectivity index (χ4n) is 2.18. The van der Waals surface area contributed by atoms with Gasteiger partial charge < -0.3 is 15.3 Å². The number of carboxylic acids is 1. The van der Waals surface area contributed by atoms with Crippen LogP contribution in [0.2, 0.25) is 0 Å². The van der Waals surface area contributed by atoms with Crippen molar-refractivity contribution in [3.05, 3.63) is 35.6 Å². The average molecular weight is 266 g/mol. The fraction of sp³-hybridized carbons (Fsp3) is 0.385. The van der Waals surface area contributed by atoms with Crippen molar-refractivity contribution in [3.8, 4) is 0 Å². The number of carboxylic acid groups (broad SMARTS) is 1. The zero-order valence-corrected chi connectivity index (χ0v) is 10.3. The maximum absolute atomic E-state index is 13.4. The van der Waals surface area contributed by atoms with Gasteiger partial charge >= 0.3 is 12.0 Å². The summed E-state index contributed by atoms with van der Waals surface area (Å²) in [6, 6.07) is 4.90. The van der Waals surface area contributed by atoms with Gasteiger partial charge in [-0.2, -0.15) is 0 Å². The van der Waals surface area contributed by atoms with Gasteiger partial charge in [0.2, 0.25) is 0 Å². The van der Waals surface area contributed by atoms with Crippen LogP contribution in [-0.2, 0) is 11.3 Å². The SMILES string of the molecule is O=C(O)[C@H]1CCCN1C(=O)NCc1ccccc1F. The summed E-state index contributed by atoms with van der Waals surface area (Å²) in [6.07, 6.45) is 1.13. The molecule has 19 heavy (non-hydrogen) atoms. The Kier molecular flexibility index (Phi) is 3.99. The first-order chi connectivity index (χ1) is 9.09. The fourth-order valence-corrected chi connectivity index (χ4v) is 2.18. The third-order valence-electron chi connectivity index (χ3n) is 3.19. The minimum atomic E-state index is -1.00. The number of likely N-dealkylation sites (tertiary alicyclic amines) is 1. The van der Waals surface area contributed by atoms with Crippen molar-refractivity contribution in [1.82, 2.24) is 10.2 Å². The van der Waals surface area contributed by atoms with E-state index in [2.05, 4.69) is 5.32 Å². The second kappa shape index (κ2) is 5.69. The van der Waals surface area contributed by atoms with Gasteiger partial charge in [-0.25, -0.2) is 14.0 Å². The van der Waals surface area contributed by atoms with Crippen molar-refractivity contribution < 1.29 is 19.1 Å². The van der Waals surface area contributed by atoms with Crippen molar-refractivity contribution in [2.24, 2.45) is 0 Å². The van der Waals surface area contributed by atoms with Gasteiger partial charge in [-0.3, -0.25) is 0 Å². The van der Waals surface area contributed by atoms with E-state index in [0.717, 1.165) is 0 Å². The molecule has 1 heterocycles. The number of benzene rings is 1. The topological polar surface area (TPSA) is 69.6 Å². The van der Waals surface area contributed by atoms with Crippen LogP contribution >= 0.6 is 0 Å². The number of carbonyl (C=O) groups excluding carboxylic acids is 1. The Bertz CT molecular complexity index is 493. The Morgan fingerprint density at radius 1 is 1.42 bits per heavy atom. The maximum atomic E-state index is 13.4. The van der Waals surface area contributed by atoms with Gasteiger partial charge in [0.05, 0.1) is 0 Å². The van der Waals surface area contributed by atoms with Gasteiger partial charge in [0.1, 0.15) is 11.9 Å². The third kappa shape index (κ3) is 3.01. The van der Waals surface area contributed by atoms with Gasteiger partial charge in [-0.1, -0.05) is 18.2 Å². The van der Waals surface area contributed by atoms with Crippen LogP contribution in [-0.4, -0.2) is 34.6 Å². The van der Waals surface area contributed by atoms with Gasteiger partial charge in [0, 0.05) is 18.7 Å². The normalized spacial score (nSPS) is 18.4. The summed E-state index contributed by atoms with van der Waals surface area (Å²) >= 11 is 0. The first-order valence-corrected chi connectivity index (χ1v) is 6.10. The number of hydrogen-bond donors (Lipinski definition) is 2. The molecule has 1 saturated heterocycles. The van der Waals surface area contributed by atoms with E-state index in [1.54, 1.807) is 18.2 Å². The Hall–Kier alpha value is -2.11. The van der Waals surface area contributed by atoms with Crippen LogP contribution in [0.1, 0.15) is 18.4 Å². The van der Waals surface area contributed by atoms with E-state index in [9.17, 15) is 14.0 Å². The first kappa shape index (κ1) is 13.3. The lowest BCUT2D eigenvalue weighted by Crippen LogP contribution is -2.45. The monoisotopic (exact) mass is 266 g/mol. The molecule has 5 nitrogen and oxygen atoms in total. The minimum absolute atomic E-state index is 0.0499. The number of halogens is 1. The van der Waals surface area contributed by atoms with E-state index in [1.165, 1.54) is 11.0 Å². The highest BCUT2D eigenvalue weighted by Crippen LogP contribution is 2.17. The minimum Gasteiger partial charge on any atom is -0.480 e. The van der Waals surface area contributed by atoms with Gasteiger partial charge in [-0.05, 0) is 18.9 Å². The van der Waals surface area contributed by atoms with E-state index >= 15 is 0 Å². The molecule has 0 unspecified atom stereocenters. The Labute approximate surface area is 110 Å². The molecular formula is C13H15FN2O3. The molecule has 1 aliphatic rings. The Morgan fingerprint density at radius 3 is 2.84 bits per heavy atom. The predicted octanol–water partition coefficient (Wildman–Crippen LogP) is 1.58. The van der Waals surface area contributed by atoms with Gasteiger partial charge in [0.15, 0.2) is 0 Å². The van der Waals surface area contributed by atoms with Gasteiger partial charge in [0.25, 0.3) is 0 Å². The van der Waals surface area contributed by atoms with Crippen LogP contribution in [0.4, 0.5) is 9.18 Å². The number of rotatable bonds is 3. The van der Waals surface area contributed by atoms with Crippen LogP contribution < -0.4 is 5.32 Å². The van der Waals surface area contributed by atoms with Crippen molar-refractivity contribution in [1.29, 1.82) is 0 Å². The number of nitrogens with zero attached hydrogens (tertiary/aromatic N) is 1. The summed E-state index contributed by atoms with van der Waals surface area (Å²) in [5.74, 6) is -1.39.